The van der Waals surface area contributed by atoms with Gasteiger partial charge < -0.3 is 14.2 Å². The topological polar surface area (TPSA) is 78.9 Å². The molecule has 0 saturated heterocycles. The summed E-state index contributed by atoms with van der Waals surface area (Å²) in [7, 11) is 0. The monoisotopic (exact) mass is 915 g/mol. The van der Waals surface area contributed by atoms with E-state index in [-0.39, 0.29) is 37.5 Å². The van der Waals surface area contributed by atoms with E-state index in [0.29, 0.717) is 19.3 Å². The van der Waals surface area contributed by atoms with E-state index in [1.807, 2.05) is 0 Å². The summed E-state index contributed by atoms with van der Waals surface area (Å²) in [5.74, 6) is -1.00. The molecule has 1 unspecified atom stereocenters. The molecule has 0 bridgehead atoms. The van der Waals surface area contributed by atoms with Gasteiger partial charge in [0.15, 0.2) is 6.10 Å². The predicted octanol–water partition coefficient (Wildman–Crippen LogP) is 17.9. The second-order valence-corrected chi connectivity index (χ2v) is 17.4. The van der Waals surface area contributed by atoms with E-state index < -0.39 is 6.10 Å². The minimum absolute atomic E-state index is 0.113. The molecular weight excluding hydrogens is 817 g/mol. The maximum absolute atomic E-state index is 12.8. The van der Waals surface area contributed by atoms with Crippen molar-refractivity contribution in [3.63, 3.8) is 0 Å². The molecule has 6 nitrogen and oxygen atoms in total. The molecule has 0 fully saturated rings. The summed E-state index contributed by atoms with van der Waals surface area (Å²) >= 11 is 0. The smallest absolute Gasteiger partial charge is 0.306 e. The lowest BCUT2D eigenvalue weighted by Gasteiger charge is -2.18. The third-order valence-electron chi connectivity index (χ3n) is 11.1. The molecule has 0 aromatic heterocycles. The molecule has 0 aromatic rings. The summed E-state index contributed by atoms with van der Waals surface area (Å²) in [4.78, 5) is 38.0. The van der Waals surface area contributed by atoms with Crippen LogP contribution in [-0.2, 0) is 28.6 Å². The summed E-state index contributed by atoms with van der Waals surface area (Å²) < 4.78 is 16.7. The van der Waals surface area contributed by atoms with Crippen LogP contribution in [0.1, 0.15) is 233 Å². The summed E-state index contributed by atoms with van der Waals surface area (Å²) in [6, 6.07) is 0. The molecule has 0 radical (unpaired) electrons. The number of carbonyl (C=O) groups excluding carboxylic acids is 3. The van der Waals surface area contributed by atoms with Gasteiger partial charge in [-0.2, -0.15) is 0 Å². The lowest BCUT2D eigenvalue weighted by Crippen LogP contribution is -2.30. The van der Waals surface area contributed by atoms with Gasteiger partial charge in [-0.3, -0.25) is 14.4 Å². The minimum Gasteiger partial charge on any atom is -0.462 e. The molecule has 66 heavy (non-hydrogen) atoms. The molecule has 374 valence electrons. The molecule has 0 aromatic carbocycles. The van der Waals surface area contributed by atoms with Crippen LogP contribution < -0.4 is 0 Å². The van der Waals surface area contributed by atoms with Crippen LogP contribution in [0.4, 0.5) is 0 Å². The number of ether oxygens (including phenoxy) is 3. The summed E-state index contributed by atoms with van der Waals surface area (Å²) in [6.45, 7) is 6.31. The maximum atomic E-state index is 12.8. The largest absolute Gasteiger partial charge is 0.462 e. The zero-order valence-corrected chi connectivity index (χ0v) is 42.7. The zero-order valence-electron chi connectivity index (χ0n) is 42.7. The first-order chi connectivity index (χ1) is 32.5. The predicted molar refractivity (Wildman–Crippen MR) is 283 cm³/mol. The molecular formula is C60H98O6. The highest BCUT2D eigenvalue weighted by Crippen LogP contribution is 2.13. The summed E-state index contributed by atoms with van der Waals surface area (Å²) in [5.41, 5.74) is 0. The standard InChI is InChI=1S/C60H98O6/c1-4-7-10-13-16-19-22-25-27-29-31-32-35-38-41-44-47-50-53-59(62)65-56-57(55-64-58(61)52-49-46-43-40-37-34-24-21-18-15-12-9-6-3)66-60(63)54-51-48-45-42-39-36-33-30-28-26-23-20-17-14-11-8-5-2/h8-9,11-12,15,17-18,20-21,24,26,28,31-33,36,42,45,57H,4-7,10,13-14,16,19,22-23,25,27,29-30,34-35,37-41,43-44,46-56H2,1-3H3/b11-8+,12-9+,18-15+,20-17+,24-21+,28-26+,32-31+,36-33+,45-42+. The van der Waals surface area contributed by atoms with Crippen LogP contribution in [0.25, 0.3) is 0 Å². The van der Waals surface area contributed by atoms with Gasteiger partial charge in [0.2, 0.25) is 0 Å². The molecule has 1 atom stereocenters. The number of unbranched alkanes of at least 4 members (excludes halogenated alkanes) is 20. The van der Waals surface area contributed by atoms with Crippen molar-refractivity contribution in [2.24, 2.45) is 0 Å². The van der Waals surface area contributed by atoms with Gasteiger partial charge in [-0.1, -0.05) is 220 Å². The van der Waals surface area contributed by atoms with Crippen LogP contribution >= 0.6 is 0 Å². The van der Waals surface area contributed by atoms with Crippen molar-refractivity contribution in [3.05, 3.63) is 109 Å². The van der Waals surface area contributed by atoms with Crippen LogP contribution in [0.15, 0.2) is 109 Å². The first-order valence-corrected chi connectivity index (χ1v) is 26.9. The average molecular weight is 915 g/mol. The van der Waals surface area contributed by atoms with Gasteiger partial charge in [-0.25, -0.2) is 0 Å². The second-order valence-electron chi connectivity index (χ2n) is 17.4. The lowest BCUT2D eigenvalue weighted by atomic mass is 10.1. The Morgan fingerprint density at radius 3 is 1.15 bits per heavy atom. The molecule has 0 amide bonds. The molecule has 0 heterocycles. The highest BCUT2D eigenvalue weighted by atomic mass is 16.6. The lowest BCUT2D eigenvalue weighted by molar-refractivity contribution is -0.167. The molecule has 0 rings (SSSR count). The molecule has 0 spiro atoms. The van der Waals surface area contributed by atoms with Gasteiger partial charge in [0.05, 0.1) is 0 Å². The van der Waals surface area contributed by atoms with E-state index in [1.54, 1.807) is 0 Å². The van der Waals surface area contributed by atoms with Crippen LogP contribution in [0.2, 0.25) is 0 Å². The number of hydrogen-bond donors (Lipinski definition) is 0. The average Bonchev–Trinajstić information content (AvgIpc) is 3.31. The van der Waals surface area contributed by atoms with Crippen LogP contribution in [0.5, 0.6) is 0 Å². The fourth-order valence-corrected chi connectivity index (χ4v) is 7.06. The third kappa shape index (κ3) is 51.1. The fraction of sp³-hybridized carbons (Fsp3) is 0.650. The van der Waals surface area contributed by atoms with Crippen molar-refractivity contribution in [2.45, 2.75) is 239 Å². The van der Waals surface area contributed by atoms with Crippen LogP contribution in [-0.4, -0.2) is 37.2 Å². The highest BCUT2D eigenvalue weighted by molar-refractivity contribution is 5.71. The maximum Gasteiger partial charge on any atom is 0.306 e. The van der Waals surface area contributed by atoms with E-state index in [0.717, 1.165) is 116 Å². The van der Waals surface area contributed by atoms with Gasteiger partial charge in [0.1, 0.15) is 13.2 Å². The van der Waals surface area contributed by atoms with E-state index in [2.05, 4.69) is 130 Å². The van der Waals surface area contributed by atoms with Gasteiger partial charge in [0.25, 0.3) is 0 Å². The van der Waals surface area contributed by atoms with Crippen molar-refractivity contribution >= 4 is 17.9 Å². The molecule has 0 saturated carbocycles. The SMILES string of the molecule is CC/C=C/C=C/C=C/CCCCCCCC(=O)OCC(COC(=O)CCCCCCC/C=C/CCCCCCCCCCC)OC(=O)CCC/C=C/C/C=C/C/C=C/C/C=C/C/C=C/CC. The number of carbonyl (C=O) groups is 3. The second kappa shape index (κ2) is 53.7. The summed E-state index contributed by atoms with van der Waals surface area (Å²) in [6.07, 6.45) is 72.3. The van der Waals surface area contributed by atoms with E-state index in [4.69, 9.17) is 14.2 Å². The molecule has 0 N–H and O–H groups in total. The first-order valence-electron chi connectivity index (χ1n) is 26.9. The van der Waals surface area contributed by atoms with E-state index in [9.17, 15) is 14.4 Å². The van der Waals surface area contributed by atoms with Crippen molar-refractivity contribution in [1.82, 2.24) is 0 Å². The van der Waals surface area contributed by atoms with Gasteiger partial charge >= 0.3 is 17.9 Å². The molecule has 0 aliphatic carbocycles. The fourth-order valence-electron chi connectivity index (χ4n) is 7.06. The van der Waals surface area contributed by atoms with Crippen molar-refractivity contribution in [2.75, 3.05) is 13.2 Å². The van der Waals surface area contributed by atoms with E-state index >= 15 is 0 Å². The number of hydrogen-bond acceptors (Lipinski definition) is 6. The Labute approximate surface area is 406 Å². The molecule has 0 aliphatic heterocycles. The van der Waals surface area contributed by atoms with E-state index in [1.165, 1.54) is 70.6 Å². The van der Waals surface area contributed by atoms with Gasteiger partial charge in [-0.05, 0) is 103 Å². The Morgan fingerprint density at radius 2 is 0.682 bits per heavy atom. The Hall–Kier alpha value is -3.93. The minimum atomic E-state index is -0.821. The molecule has 0 aliphatic rings. The number of rotatable bonds is 47. The van der Waals surface area contributed by atoms with Gasteiger partial charge in [-0.15, -0.1) is 0 Å². The normalized spacial score (nSPS) is 13.0. The van der Waals surface area contributed by atoms with Gasteiger partial charge in [0, 0.05) is 19.3 Å². The summed E-state index contributed by atoms with van der Waals surface area (Å²) in [5, 5.41) is 0. The quantitative estimate of drug-likeness (QED) is 0.0199. The Morgan fingerprint density at radius 1 is 0.333 bits per heavy atom. The van der Waals surface area contributed by atoms with Crippen molar-refractivity contribution < 1.29 is 28.6 Å². The third-order valence-corrected chi connectivity index (χ3v) is 11.1. The highest BCUT2D eigenvalue weighted by Gasteiger charge is 2.19. The Kier molecular flexibility index (Phi) is 50.5. The number of allylic oxidation sites excluding steroid dienone is 18. The Bertz CT molecular complexity index is 1370. The molecule has 6 heteroatoms. The van der Waals surface area contributed by atoms with Crippen LogP contribution in [0, 0.1) is 0 Å². The number of esters is 3. The van der Waals surface area contributed by atoms with Crippen molar-refractivity contribution in [1.29, 1.82) is 0 Å². The van der Waals surface area contributed by atoms with Crippen molar-refractivity contribution in [3.8, 4) is 0 Å². The first kappa shape index (κ1) is 62.1. The zero-order chi connectivity index (χ0) is 47.9. The van der Waals surface area contributed by atoms with Crippen LogP contribution in [0.3, 0.4) is 0 Å². The Balaban J connectivity index is 4.51.